The summed E-state index contributed by atoms with van der Waals surface area (Å²) < 4.78 is -1.25. The lowest BCUT2D eigenvalue weighted by Gasteiger charge is -2.13. The van der Waals surface area contributed by atoms with Gasteiger partial charge in [-0.15, -0.1) is 0 Å². The van der Waals surface area contributed by atoms with E-state index in [2.05, 4.69) is 0 Å². The van der Waals surface area contributed by atoms with Crippen LogP contribution >= 0.6 is 23.2 Å². The topological polar surface area (TPSA) is 57.5 Å². The van der Waals surface area contributed by atoms with Crippen molar-refractivity contribution in [3.05, 3.63) is 29.8 Å². The fraction of sp³-hybridized carbons (Fsp3) is 0.300. The van der Waals surface area contributed by atoms with E-state index in [0.717, 1.165) is 0 Å². The van der Waals surface area contributed by atoms with Gasteiger partial charge >= 0.3 is 5.97 Å². The van der Waals surface area contributed by atoms with Gasteiger partial charge in [-0.2, -0.15) is 0 Å². The first-order valence-corrected chi connectivity index (χ1v) is 5.06. The average molecular weight is 247 g/mol. The van der Waals surface area contributed by atoms with Crippen molar-refractivity contribution in [1.82, 2.24) is 0 Å². The maximum Gasteiger partial charge on any atom is 0.317 e. The number of aromatic hydroxyl groups is 1. The van der Waals surface area contributed by atoms with Gasteiger partial charge in [0, 0.05) is 6.42 Å². The van der Waals surface area contributed by atoms with E-state index >= 15 is 0 Å². The van der Waals surface area contributed by atoms with Crippen LogP contribution in [0.25, 0.3) is 0 Å². The molecular formula is C10H8Cl2O3. The van der Waals surface area contributed by atoms with E-state index in [-0.39, 0.29) is 12.2 Å². The fourth-order valence-electron chi connectivity index (χ4n) is 1.70. The summed E-state index contributed by atoms with van der Waals surface area (Å²) in [5.41, 5.74) is -0.720. The van der Waals surface area contributed by atoms with E-state index in [4.69, 9.17) is 33.4 Å². The predicted octanol–water partition coefficient (Wildman–Crippen LogP) is 2.29. The van der Waals surface area contributed by atoms with Crippen LogP contribution < -0.4 is 0 Å². The van der Waals surface area contributed by atoms with Crippen molar-refractivity contribution in [1.29, 1.82) is 0 Å². The second-order valence-corrected chi connectivity index (χ2v) is 5.12. The third kappa shape index (κ3) is 1.38. The number of rotatable bonds is 2. The molecule has 5 heteroatoms. The Kier molecular flexibility index (Phi) is 2.14. The maximum atomic E-state index is 11.2. The quantitative estimate of drug-likeness (QED) is 0.788. The van der Waals surface area contributed by atoms with Gasteiger partial charge in [0.05, 0.1) is 0 Å². The summed E-state index contributed by atoms with van der Waals surface area (Å²) in [5, 5.41) is 18.2. The van der Waals surface area contributed by atoms with Crippen LogP contribution in [0.3, 0.4) is 0 Å². The minimum Gasteiger partial charge on any atom is -0.508 e. The molecule has 0 saturated heterocycles. The van der Waals surface area contributed by atoms with Crippen molar-refractivity contribution < 1.29 is 15.0 Å². The number of halogens is 2. The number of hydrogen-bond donors (Lipinski definition) is 2. The molecule has 0 amide bonds. The SMILES string of the molecule is O=C(O)[C@]1(c2ccc(O)cc2)CC1(Cl)Cl. The number of carboxylic acid groups (broad SMARTS) is 1. The molecule has 0 bridgehead atoms. The van der Waals surface area contributed by atoms with Crippen LogP contribution in [0.1, 0.15) is 12.0 Å². The number of alkyl halides is 2. The third-order valence-electron chi connectivity index (χ3n) is 2.71. The lowest BCUT2D eigenvalue weighted by Crippen LogP contribution is -2.25. The minimum atomic E-state index is -1.25. The molecule has 1 aromatic carbocycles. The van der Waals surface area contributed by atoms with E-state index in [1.165, 1.54) is 24.3 Å². The molecule has 0 aromatic heterocycles. The molecule has 1 aliphatic carbocycles. The zero-order valence-electron chi connectivity index (χ0n) is 7.58. The summed E-state index contributed by atoms with van der Waals surface area (Å²) in [7, 11) is 0. The molecular weight excluding hydrogens is 239 g/mol. The number of carboxylic acids is 1. The maximum absolute atomic E-state index is 11.2. The Labute approximate surface area is 96.2 Å². The van der Waals surface area contributed by atoms with E-state index < -0.39 is 15.7 Å². The molecule has 2 N–H and O–H groups in total. The summed E-state index contributed by atoms with van der Waals surface area (Å²) in [6.07, 6.45) is 0.184. The Balaban J connectivity index is 2.45. The highest BCUT2D eigenvalue weighted by molar-refractivity contribution is 6.54. The highest BCUT2D eigenvalue weighted by atomic mass is 35.5. The van der Waals surface area contributed by atoms with Crippen LogP contribution in [0.4, 0.5) is 0 Å². The fourth-order valence-corrected chi connectivity index (χ4v) is 2.48. The summed E-state index contributed by atoms with van der Waals surface area (Å²) >= 11 is 11.7. The van der Waals surface area contributed by atoms with Crippen molar-refractivity contribution in [2.45, 2.75) is 16.2 Å². The first-order chi connectivity index (χ1) is 6.90. The Hall–Kier alpha value is -0.930. The summed E-state index contributed by atoms with van der Waals surface area (Å²) in [5.74, 6) is -0.965. The third-order valence-corrected chi connectivity index (χ3v) is 3.62. The Morgan fingerprint density at radius 2 is 1.73 bits per heavy atom. The molecule has 80 valence electrons. The van der Waals surface area contributed by atoms with Crippen LogP contribution in [-0.4, -0.2) is 20.5 Å². The van der Waals surface area contributed by atoms with Gasteiger partial charge in [-0.25, -0.2) is 0 Å². The number of phenolic OH excluding ortho intramolecular Hbond substituents is 1. The molecule has 1 saturated carbocycles. The summed E-state index contributed by atoms with van der Waals surface area (Å²) in [4.78, 5) is 11.2. The van der Waals surface area contributed by atoms with Crippen molar-refractivity contribution in [2.24, 2.45) is 0 Å². The Morgan fingerprint density at radius 3 is 2.07 bits per heavy atom. The van der Waals surface area contributed by atoms with Crippen LogP contribution in [0.15, 0.2) is 24.3 Å². The molecule has 0 heterocycles. The van der Waals surface area contributed by atoms with Gasteiger partial charge in [-0.1, -0.05) is 35.3 Å². The number of aliphatic carboxylic acids is 1. The number of benzene rings is 1. The molecule has 0 unspecified atom stereocenters. The second kappa shape index (κ2) is 3.03. The van der Waals surface area contributed by atoms with Crippen LogP contribution in [0.2, 0.25) is 0 Å². The number of hydrogen-bond acceptors (Lipinski definition) is 2. The molecule has 3 nitrogen and oxygen atoms in total. The molecule has 0 aliphatic heterocycles. The highest BCUT2D eigenvalue weighted by Crippen LogP contribution is 2.64. The lowest BCUT2D eigenvalue weighted by atomic mass is 9.96. The molecule has 0 radical (unpaired) electrons. The van der Waals surface area contributed by atoms with Gasteiger partial charge in [-0.05, 0) is 17.7 Å². The normalized spacial score (nSPS) is 27.3. The Bertz CT molecular complexity index is 413. The van der Waals surface area contributed by atoms with Gasteiger partial charge in [0.1, 0.15) is 15.5 Å². The summed E-state index contributed by atoms with van der Waals surface area (Å²) in [6.45, 7) is 0. The summed E-state index contributed by atoms with van der Waals surface area (Å²) in [6, 6.07) is 5.89. The van der Waals surface area contributed by atoms with Crippen molar-refractivity contribution in [3.63, 3.8) is 0 Å². The highest BCUT2D eigenvalue weighted by Gasteiger charge is 2.72. The van der Waals surface area contributed by atoms with Crippen LogP contribution in [-0.2, 0) is 10.2 Å². The molecule has 1 atom stereocenters. The van der Waals surface area contributed by atoms with Crippen molar-refractivity contribution in [3.8, 4) is 5.75 Å². The van der Waals surface area contributed by atoms with Gasteiger partial charge in [0.25, 0.3) is 0 Å². The standard InChI is InChI=1S/C10H8Cl2O3/c11-10(12)5-9(10,8(14)15)6-1-3-7(13)4-2-6/h1-4,13H,5H2,(H,14,15)/t9-/m1/s1. The van der Waals surface area contributed by atoms with Gasteiger partial charge in [-0.3, -0.25) is 4.79 Å². The van der Waals surface area contributed by atoms with E-state index in [1.807, 2.05) is 0 Å². The molecule has 15 heavy (non-hydrogen) atoms. The molecule has 0 spiro atoms. The van der Waals surface area contributed by atoms with Gasteiger partial charge in [0.2, 0.25) is 0 Å². The first kappa shape index (κ1) is 10.6. The number of phenols is 1. The minimum absolute atomic E-state index is 0.0784. The molecule has 1 fully saturated rings. The van der Waals surface area contributed by atoms with Crippen LogP contribution in [0.5, 0.6) is 5.75 Å². The largest absolute Gasteiger partial charge is 0.508 e. The van der Waals surface area contributed by atoms with E-state index in [1.54, 1.807) is 0 Å². The lowest BCUT2D eigenvalue weighted by molar-refractivity contribution is -0.140. The number of carbonyl (C=O) groups is 1. The van der Waals surface area contributed by atoms with E-state index in [0.29, 0.717) is 5.56 Å². The second-order valence-electron chi connectivity index (χ2n) is 3.64. The monoisotopic (exact) mass is 246 g/mol. The Morgan fingerprint density at radius 1 is 1.27 bits per heavy atom. The smallest absolute Gasteiger partial charge is 0.317 e. The van der Waals surface area contributed by atoms with Gasteiger partial charge < -0.3 is 10.2 Å². The van der Waals surface area contributed by atoms with Crippen molar-refractivity contribution in [2.75, 3.05) is 0 Å². The van der Waals surface area contributed by atoms with Gasteiger partial charge in [0.15, 0.2) is 0 Å². The molecule has 1 aromatic rings. The zero-order valence-corrected chi connectivity index (χ0v) is 9.09. The molecule has 2 rings (SSSR count). The molecule has 1 aliphatic rings. The predicted molar refractivity (Wildman–Crippen MR) is 56.5 cm³/mol. The van der Waals surface area contributed by atoms with Crippen LogP contribution in [0, 0.1) is 0 Å². The average Bonchev–Trinajstić information content (AvgIpc) is 2.72. The van der Waals surface area contributed by atoms with E-state index in [9.17, 15) is 4.79 Å². The zero-order chi connectivity index (χ0) is 11.3. The van der Waals surface area contributed by atoms with Crippen molar-refractivity contribution >= 4 is 29.2 Å². The first-order valence-electron chi connectivity index (χ1n) is 4.31.